The van der Waals surface area contributed by atoms with Crippen molar-refractivity contribution in [2.24, 2.45) is 0 Å². The quantitative estimate of drug-likeness (QED) is 0.600. The van der Waals surface area contributed by atoms with Crippen molar-refractivity contribution in [1.29, 1.82) is 0 Å². The smallest absolute Gasteiger partial charge is 0.253 e. The van der Waals surface area contributed by atoms with Crippen LogP contribution in [0.5, 0.6) is 0 Å². The third-order valence-electron chi connectivity index (χ3n) is 2.42. The Bertz CT molecular complexity index is 420. The van der Waals surface area contributed by atoms with E-state index >= 15 is 0 Å². The van der Waals surface area contributed by atoms with Gasteiger partial charge in [0.15, 0.2) is 0 Å². The minimum atomic E-state index is -0.365. The van der Waals surface area contributed by atoms with Gasteiger partial charge in [-0.15, -0.1) is 6.58 Å². The van der Waals surface area contributed by atoms with Crippen LogP contribution in [0.15, 0.2) is 35.3 Å². The standard InChI is InChI=1S/C13H15BrFNO/c1-3-4-5-8-16(2)13(17)10-6-7-12(15)11(14)9-10/h3,6-7,9H,1,4-5,8H2,2H3. The molecule has 0 atom stereocenters. The number of hydrogen-bond acceptors (Lipinski definition) is 1. The maximum absolute atomic E-state index is 13.0. The van der Waals surface area contributed by atoms with Crippen molar-refractivity contribution in [2.75, 3.05) is 13.6 Å². The van der Waals surface area contributed by atoms with Crippen LogP contribution in [-0.4, -0.2) is 24.4 Å². The highest BCUT2D eigenvalue weighted by molar-refractivity contribution is 9.10. The molecule has 0 fully saturated rings. The Labute approximate surface area is 109 Å². The van der Waals surface area contributed by atoms with Crippen molar-refractivity contribution in [2.45, 2.75) is 12.8 Å². The molecule has 17 heavy (non-hydrogen) atoms. The number of nitrogens with zero attached hydrogens (tertiary/aromatic N) is 1. The van der Waals surface area contributed by atoms with Gasteiger partial charge in [0.1, 0.15) is 5.82 Å². The Hall–Kier alpha value is -1.16. The molecule has 4 heteroatoms. The van der Waals surface area contributed by atoms with Crippen LogP contribution >= 0.6 is 15.9 Å². The third-order valence-corrected chi connectivity index (χ3v) is 3.02. The van der Waals surface area contributed by atoms with Crippen LogP contribution < -0.4 is 0 Å². The molecular weight excluding hydrogens is 285 g/mol. The van der Waals surface area contributed by atoms with Gasteiger partial charge < -0.3 is 4.90 Å². The lowest BCUT2D eigenvalue weighted by molar-refractivity contribution is 0.0793. The predicted molar refractivity (Wildman–Crippen MR) is 70.5 cm³/mol. The van der Waals surface area contributed by atoms with Gasteiger partial charge in [-0.1, -0.05) is 6.08 Å². The summed E-state index contributed by atoms with van der Waals surface area (Å²) in [6, 6.07) is 4.28. The molecule has 1 aromatic carbocycles. The summed E-state index contributed by atoms with van der Waals surface area (Å²) in [5.74, 6) is -0.467. The first-order valence-corrected chi connectivity index (χ1v) is 6.17. The highest BCUT2D eigenvalue weighted by Crippen LogP contribution is 2.17. The van der Waals surface area contributed by atoms with Gasteiger partial charge in [0.25, 0.3) is 5.91 Å². The summed E-state index contributed by atoms with van der Waals surface area (Å²) in [5, 5.41) is 0. The Balaban J connectivity index is 2.68. The van der Waals surface area contributed by atoms with Crippen LogP contribution in [0.4, 0.5) is 4.39 Å². The van der Waals surface area contributed by atoms with Gasteiger partial charge in [0, 0.05) is 19.2 Å². The molecule has 0 spiro atoms. The maximum atomic E-state index is 13.0. The average Bonchev–Trinajstić information content (AvgIpc) is 2.32. The first-order valence-electron chi connectivity index (χ1n) is 5.37. The van der Waals surface area contributed by atoms with E-state index in [1.165, 1.54) is 18.2 Å². The normalized spacial score (nSPS) is 10.1. The van der Waals surface area contributed by atoms with Crippen LogP contribution in [0.1, 0.15) is 23.2 Å². The lowest BCUT2D eigenvalue weighted by atomic mass is 10.2. The van der Waals surface area contributed by atoms with E-state index in [2.05, 4.69) is 22.5 Å². The van der Waals surface area contributed by atoms with Gasteiger partial charge in [-0.3, -0.25) is 4.79 Å². The van der Waals surface area contributed by atoms with E-state index in [1.54, 1.807) is 11.9 Å². The van der Waals surface area contributed by atoms with Crippen molar-refractivity contribution in [3.63, 3.8) is 0 Å². The summed E-state index contributed by atoms with van der Waals surface area (Å²) < 4.78 is 13.3. The molecular formula is C13H15BrFNO. The van der Waals surface area contributed by atoms with E-state index in [0.29, 0.717) is 16.6 Å². The fourth-order valence-corrected chi connectivity index (χ4v) is 1.80. The minimum absolute atomic E-state index is 0.102. The molecule has 1 amide bonds. The van der Waals surface area contributed by atoms with Crippen LogP contribution in [0.2, 0.25) is 0 Å². The molecule has 0 bridgehead atoms. The molecule has 92 valence electrons. The van der Waals surface area contributed by atoms with E-state index in [1.807, 2.05) is 6.08 Å². The van der Waals surface area contributed by atoms with E-state index < -0.39 is 0 Å². The van der Waals surface area contributed by atoms with Crippen LogP contribution in [0.25, 0.3) is 0 Å². The van der Waals surface area contributed by atoms with Crippen molar-refractivity contribution in [1.82, 2.24) is 4.90 Å². The summed E-state index contributed by atoms with van der Waals surface area (Å²) in [6.07, 6.45) is 3.59. The minimum Gasteiger partial charge on any atom is -0.342 e. The van der Waals surface area contributed by atoms with Gasteiger partial charge in [-0.25, -0.2) is 4.39 Å². The predicted octanol–water partition coefficient (Wildman–Crippen LogP) is 3.63. The van der Waals surface area contributed by atoms with E-state index in [9.17, 15) is 9.18 Å². The molecule has 1 rings (SSSR count). The van der Waals surface area contributed by atoms with Gasteiger partial charge in [-0.2, -0.15) is 0 Å². The molecule has 0 aliphatic heterocycles. The van der Waals surface area contributed by atoms with Gasteiger partial charge in [0.05, 0.1) is 4.47 Å². The second-order valence-electron chi connectivity index (χ2n) is 3.79. The first kappa shape index (κ1) is 13.9. The molecule has 0 saturated carbocycles. The van der Waals surface area contributed by atoms with Gasteiger partial charge in [0.2, 0.25) is 0 Å². The SMILES string of the molecule is C=CCCCN(C)C(=O)c1ccc(F)c(Br)c1. The second-order valence-corrected chi connectivity index (χ2v) is 4.64. The van der Waals surface area contributed by atoms with E-state index in [0.717, 1.165) is 12.8 Å². The number of rotatable bonds is 5. The molecule has 0 radical (unpaired) electrons. The van der Waals surface area contributed by atoms with Crippen LogP contribution in [0.3, 0.4) is 0 Å². The first-order chi connectivity index (χ1) is 8.06. The van der Waals surface area contributed by atoms with Gasteiger partial charge in [-0.05, 0) is 47.0 Å². The highest BCUT2D eigenvalue weighted by atomic mass is 79.9. The van der Waals surface area contributed by atoms with Crippen molar-refractivity contribution in [3.8, 4) is 0 Å². The van der Waals surface area contributed by atoms with Crippen molar-refractivity contribution in [3.05, 3.63) is 46.7 Å². The molecule has 0 heterocycles. The second kappa shape index (κ2) is 6.55. The lowest BCUT2D eigenvalue weighted by Gasteiger charge is -2.16. The van der Waals surface area contributed by atoms with E-state index in [-0.39, 0.29) is 11.7 Å². The summed E-state index contributed by atoms with van der Waals surface area (Å²) in [7, 11) is 1.74. The summed E-state index contributed by atoms with van der Waals surface area (Å²) in [6.45, 7) is 4.30. The maximum Gasteiger partial charge on any atom is 0.253 e. The zero-order chi connectivity index (χ0) is 12.8. The van der Waals surface area contributed by atoms with Crippen LogP contribution in [0, 0.1) is 5.82 Å². The van der Waals surface area contributed by atoms with Gasteiger partial charge >= 0.3 is 0 Å². The third kappa shape index (κ3) is 3.97. The molecule has 2 nitrogen and oxygen atoms in total. The topological polar surface area (TPSA) is 20.3 Å². The van der Waals surface area contributed by atoms with Crippen molar-refractivity contribution >= 4 is 21.8 Å². The highest BCUT2D eigenvalue weighted by Gasteiger charge is 2.12. The number of amides is 1. The summed E-state index contributed by atoms with van der Waals surface area (Å²) in [4.78, 5) is 13.6. The zero-order valence-corrected chi connectivity index (χ0v) is 11.3. The monoisotopic (exact) mass is 299 g/mol. The van der Waals surface area contributed by atoms with Crippen LogP contribution in [-0.2, 0) is 0 Å². The number of allylic oxidation sites excluding steroid dienone is 1. The molecule has 0 aromatic heterocycles. The summed E-state index contributed by atoms with van der Waals surface area (Å²) in [5.41, 5.74) is 0.486. The molecule has 0 unspecified atom stereocenters. The number of carbonyl (C=O) groups excluding carboxylic acids is 1. The Morgan fingerprint density at radius 3 is 2.88 bits per heavy atom. The molecule has 0 N–H and O–H groups in total. The number of carbonyl (C=O) groups is 1. The fourth-order valence-electron chi connectivity index (χ4n) is 1.42. The lowest BCUT2D eigenvalue weighted by Crippen LogP contribution is -2.27. The number of halogens is 2. The fraction of sp³-hybridized carbons (Fsp3) is 0.308. The Morgan fingerprint density at radius 1 is 1.59 bits per heavy atom. The van der Waals surface area contributed by atoms with E-state index in [4.69, 9.17) is 0 Å². The zero-order valence-electron chi connectivity index (χ0n) is 9.75. The number of unbranched alkanes of at least 4 members (excludes halogenated alkanes) is 1. The molecule has 0 aliphatic carbocycles. The Morgan fingerprint density at radius 2 is 2.29 bits per heavy atom. The number of benzene rings is 1. The molecule has 1 aromatic rings. The average molecular weight is 300 g/mol. The molecule has 0 aliphatic rings. The Kier molecular flexibility index (Phi) is 5.35. The summed E-state index contributed by atoms with van der Waals surface area (Å²) >= 11 is 3.07. The largest absolute Gasteiger partial charge is 0.342 e. The number of hydrogen-bond donors (Lipinski definition) is 0. The molecule has 0 saturated heterocycles. The van der Waals surface area contributed by atoms with Crippen molar-refractivity contribution < 1.29 is 9.18 Å².